The number of nitrogens with one attached hydrogen (secondary N) is 2. The summed E-state index contributed by atoms with van der Waals surface area (Å²) in [5.41, 5.74) is 6.36. The molecule has 0 saturated heterocycles. The van der Waals surface area contributed by atoms with E-state index in [0.717, 1.165) is 0 Å². The average molecular weight is 286 g/mol. The van der Waals surface area contributed by atoms with Gasteiger partial charge in [-0.1, -0.05) is 0 Å². The molecule has 9 heteroatoms. The van der Waals surface area contributed by atoms with Crippen LogP contribution in [0.1, 0.15) is 5.69 Å². The average Bonchev–Trinajstić information content (AvgIpc) is 2.94. The number of aromatic nitrogens is 2. The molecule has 1 amide bonds. The number of carbonyl (C=O) groups is 2. The zero-order valence-electron chi connectivity index (χ0n) is 10.8. The molecule has 0 bridgehead atoms. The Kier molecular flexibility index (Phi) is 6.64. The molecule has 1 aromatic rings. The molecule has 1 heterocycles. The van der Waals surface area contributed by atoms with Gasteiger partial charge in [0.2, 0.25) is 5.91 Å². The quantitative estimate of drug-likeness (QED) is 0.326. The van der Waals surface area contributed by atoms with Crippen molar-refractivity contribution in [2.75, 3.05) is 19.8 Å². The van der Waals surface area contributed by atoms with Crippen molar-refractivity contribution >= 4 is 11.9 Å². The maximum atomic E-state index is 11.6. The summed E-state index contributed by atoms with van der Waals surface area (Å²) in [5.74, 6) is -1.22. The van der Waals surface area contributed by atoms with Crippen LogP contribution in [0.5, 0.6) is 0 Å². The highest BCUT2D eigenvalue weighted by atomic mass is 16.5. The monoisotopic (exact) mass is 286 g/mol. The zero-order chi connectivity index (χ0) is 15.0. The lowest BCUT2D eigenvalue weighted by atomic mass is 10.1. The number of aromatic amines is 1. The van der Waals surface area contributed by atoms with Crippen LogP contribution in [0.2, 0.25) is 0 Å². The van der Waals surface area contributed by atoms with E-state index in [1.54, 1.807) is 6.20 Å². The standard InChI is InChI=1S/C11H18N4O5/c12-9(1-7-2-13-6-15-7)11(19)14-3-10(18)20-5-8(17)4-16/h2,6,8-9,16-17H,1,3-5,12H2,(H,13,15)(H,14,19). The third-order valence-electron chi connectivity index (χ3n) is 2.39. The van der Waals surface area contributed by atoms with Crippen LogP contribution in [0, 0.1) is 0 Å². The summed E-state index contributed by atoms with van der Waals surface area (Å²) in [6.07, 6.45) is 2.17. The molecule has 0 aliphatic heterocycles. The minimum absolute atomic E-state index is 0.268. The van der Waals surface area contributed by atoms with Gasteiger partial charge in [-0.2, -0.15) is 0 Å². The molecule has 0 fully saturated rings. The van der Waals surface area contributed by atoms with Crippen molar-refractivity contribution < 1.29 is 24.5 Å². The van der Waals surface area contributed by atoms with Crippen molar-refractivity contribution in [1.82, 2.24) is 15.3 Å². The molecule has 0 saturated carbocycles. The van der Waals surface area contributed by atoms with Gasteiger partial charge in [-0.05, 0) is 0 Å². The highest BCUT2D eigenvalue weighted by Gasteiger charge is 2.16. The van der Waals surface area contributed by atoms with Crippen molar-refractivity contribution in [2.24, 2.45) is 5.73 Å². The van der Waals surface area contributed by atoms with E-state index in [1.165, 1.54) is 6.33 Å². The van der Waals surface area contributed by atoms with Crippen molar-refractivity contribution in [3.05, 3.63) is 18.2 Å². The van der Waals surface area contributed by atoms with E-state index in [0.29, 0.717) is 5.69 Å². The number of nitrogens with zero attached hydrogens (tertiary/aromatic N) is 1. The summed E-state index contributed by atoms with van der Waals surface area (Å²) in [7, 11) is 0. The van der Waals surface area contributed by atoms with Gasteiger partial charge in [0.05, 0.1) is 19.0 Å². The SMILES string of the molecule is NC(Cc1cnc[nH]1)C(=O)NCC(=O)OCC(O)CO. The minimum atomic E-state index is -1.13. The number of aliphatic hydroxyl groups is 2. The minimum Gasteiger partial charge on any atom is -0.462 e. The second-order valence-electron chi connectivity index (χ2n) is 4.12. The van der Waals surface area contributed by atoms with Crippen LogP contribution in [-0.2, 0) is 20.7 Å². The van der Waals surface area contributed by atoms with Gasteiger partial charge in [0.1, 0.15) is 19.3 Å². The lowest BCUT2D eigenvalue weighted by molar-refractivity contribution is -0.147. The normalized spacial score (nSPS) is 13.6. The van der Waals surface area contributed by atoms with E-state index in [2.05, 4.69) is 20.0 Å². The summed E-state index contributed by atoms with van der Waals surface area (Å²) in [5, 5.41) is 19.8. The fourth-order valence-corrected chi connectivity index (χ4v) is 1.31. The fraction of sp³-hybridized carbons (Fsp3) is 0.545. The summed E-state index contributed by atoms with van der Waals surface area (Å²) in [4.78, 5) is 29.4. The molecule has 1 aromatic heterocycles. The number of aliphatic hydroxyl groups excluding tert-OH is 2. The Morgan fingerprint density at radius 3 is 2.90 bits per heavy atom. The maximum absolute atomic E-state index is 11.6. The molecule has 0 aliphatic carbocycles. The molecule has 0 spiro atoms. The third-order valence-corrected chi connectivity index (χ3v) is 2.39. The molecule has 0 aromatic carbocycles. The molecule has 2 unspecified atom stereocenters. The van der Waals surface area contributed by atoms with E-state index >= 15 is 0 Å². The van der Waals surface area contributed by atoms with Gasteiger partial charge >= 0.3 is 5.97 Å². The van der Waals surface area contributed by atoms with Crippen LogP contribution in [-0.4, -0.2) is 64.0 Å². The predicted octanol–water partition coefficient (Wildman–Crippen LogP) is -2.71. The number of ether oxygens (including phenoxy) is 1. The number of H-pyrrole nitrogens is 1. The lowest BCUT2D eigenvalue weighted by Gasteiger charge is -2.12. The Morgan fingerprint density at radius 1 is 1.55 bits per heavy atom. The number of nitrogens with two attached hydrogens (primary N) is 1. The first-order valence-corrected chi connectivity index (χ1v) is 5.98. The largest absolute Gasteiger partial charge is 0.462 e. The van der Waals surface area contributed by atoms with Gasteiger partial charge < -0.3 is 31.0 Å². The van der Waals surface area contributed by atoms with Crippen LogP contribution < -0.4 is 11.1 Å². The van der Waals surface area contributed by atoms with Gasteiger partial charge in [-0.25, -0.2) is 4.98 Å². The van der Waals surface area contributed by atoms with Crippen LogP contribution in [0.15, 0.2) is 12.5 Å². The Morgan fingerprint density at radius 2 is 2.30 bits per heavy atom. The summed E-state index contributed by atoms with van der Waals surface area (Å²) in [6.45, 7) is -1.19. The molecule has 6 N–H and O–H groups in total. The first-order chi connectivity index (χ1) is 9.52. The Bertz CT molecular complexity index is 422. The number of hydrogen-bond donors (Lipinski definition) is 5. The molecule has 20 heavy (non-hydrogen) atoms. The predicted molar refractivity (Wildman–Crippen MR) is 67.3 cm³/mol. The van der Waals surface area contributed by atoms with Crippen LogP contribution in [0.3, 0.4) is 0 Å². The molecule has 0 aliphatic rings. The van der Waals surface area contributed by atoms with E-state index in [9.17, 15) is 9.59 Å². The van der Waals surface area contributed by atoms with E-state index < -0.39 is 30.6 Å². The maximum Gasteiger partial charge on any atom is 0.325 e. The molecule has 112 valence electrons. The van der Waals surface area contributed by atoms with E-state index in [1.807, 2.05) is 0 Å². The molecular formula is C11H18N4O5. The second-order valence-corrected chi connectivity index (χ2v) is 4.12. The van der Waals surface area contributed by atoms with Crippen LogP contribution in [0.25, 0.3) is 0 Å². The Balaban J connectivity index is 2.23. The van der Waals surface area contributed by atoms with E-state index in [4.69, 9.17) is 15.9 Å². The first kappa shape index (κ1) is 16.1. The smallest absolute Gasteiger partial charge is 0.325 e. The second kappa shape index (κ2) is 8.25. The van der Waals surface area contributed by atoms with Crippen molar-refractivity contribution in [3.63, 3.8) is 0 Å². The molecular weight excluding hydrogens is 268 g/mol. The van der Waals surface area contributed by atoms with Gasteiger partial charge in [0, 0.05) is 18.3 Å². The summed E-state index contributed by atoms with van der Waals surface area (Å²) < 4.78 is 4.61. The van der Waals surface area contributed by atoms with Gasteiger partial charge in [0.15, 0.2) is 0 Å². The molecule has 1 rings (SSSR count). The van der Waals surface area contributed by atoms with Gasteiger partial charge in [-0.15, -0.1) is 0 Å². The fourth-order valence-electron chi connectivity index (χ4n) is 1.31. The number of imidazole rings is 1. The van der Waals surface area contributed by atoms with Gasteiger partial charge in [0.25, 0.3) is 0 Å². The Hall–Kier alpha value is -1.97. The highest BCUT2D eigenvalue weighted by molar-refractivity contribution is 5.85. The molecule has 9 nitrogen and oxygen atoms in total. The number of esters is 1. The first-order valence-electron chi connectivity index (χ1n) is 5.98. The summed E-state index contributed by atoms with van der Waals surface area (Å²) >= 11 is 0. The third kappa shape index (κ3) is 5.78. The number of rotatable bonds is 8. The number of amides is 1. The van der Waals surface area contributed by atoms with Crippen molar-refractivity contribution in [3.8, 4) is 0 Å². The molecule has 0 radical (unpaired) electrons. The highest BCUT2D eigenvalue weighted by Crippen LogP contribution is 1.96. The Labute approximate surface area is 115 Å². The van der Waals surface area contributed by atoms with Crippen LogP contribution >= 0.6 is 0 Å². The topological polar surface area (TPSA) is 151 Å². The zero-order valence-corrected chi connectivity index (χ0v) is 10.8. The van der Waals surface area contributed by atoms with Crippen molar-refractivity contribution in [2.45, 2.75) is 18.6 Å². The summed E-state index contributed by atoms with van der Waals surface area (Å²) in [6, 6.07) is -0.814. The number of carbonyl (C=O) groups excluding carboxylic acids is 2. The lowest BCUT2D eigenvalue weighted by Crippen LogP contribution is -2.44. The number of hydrogen-bond acceptors (Lipinski definition) is 7. The van der Waals surface area contributed by atoms with Crippen molar-refractivity contribution in [1.29, 1.82) is 0 Å². The van der Waals surface area contributed by atoms with E-state index in [-0.39, 0.29) is 19.6 Å². The van der Waals surface area contributed by atoms with Crippen LogP contribution in [0.4, 0.5) is 0 Å². The van der Waals surface area contributed by atoms with Gasteiger partial charge in [-0.3, -0.25) is 9.59 Å². The molecule has 2 atom stereocenters.